The molecule has 0 spiro atoms. The van der Waals surface area contributed by atoms with Gasteiger partial charge in [0.25, 0.3) is 5.91 Å². The van der Waals surface area contributed by atoms with Crippen molar-refractivity contribution in [3.63, 3.8) is 0 Å². The van der Waals surface area contributed by atoms with Crippen molar-refractivity contribution in [3.05, 3.63) is 107 Å². The molecule has 0 aliphatic heterocycles. The van der Waals surface area contributed by atoms with Gasteiger partial charge in [-0.25, -0.2) is 13.1 Å². The van der Waals surface area contributed by atoms with Gasteiger partial charge in [0.1, 0.15) is 5.69 Å². The molecule has 12 heteroatoms. The number of hydrogen-bond donors (Lipinski definition) is 2. The monoisotopic (exact) mass is 593 g/mol. The number of aromatic nitrogens is 2. The van der Waals surface area contributed by atoms with Gasteiger partial charge in [0.2, 0.25) is 0 Å². The summed E-state index contributed by atoms with van der Waals surface area (Å²) in [6.45, 7) is 0.667. The summed E-state index contributed by atoms with van der Waals surface area (Å²) < 4.78 is 66.7. The molecule has 5 rings (SSSR count). The third kappa shape index (κ3) is 6.53. The van der Waals surface area contributed by atoms with Crippen molar-refractivity contribution in [1.82, 2.24) is 15.1 Å². The molecule has 216 valence electrons. The minimum absolute atomic E-state index is 0.116. The number of nitrogens with zero attached hydrogens (tertiary/aromatic N) is 3. The van der Waals surface area contributed by atoms with E-state index in [0.717, 1.165) is 23.8 Å². The van der Waals surface area contributed by atoms with Crippen LogP contribution >= 0.6 is 0 Å². The smallest absolute Gasteiger partial charge is 0.321 e. The highest BCUT2D eigenvalue weighted by atomic mass is 32.2. The van der Waals surface area contributed by atoms with Crippen LogP contribution < -0.4 is 10.6 Å². The fraction of sp³-hybridized carbons (Fsp3) is 0.233. The summed E-state index contributed by atoms with van der Waals surface area (Å²) in [5.41, 5.74) is 0.170. The Morgan fingerprint density at radius 1 is 1.07 bits per heavy atom. The average molecular weight is 594 g/mol. The molecule has 1 aromatic heterocycles. The molecule has 1 unspecified atom stereocenters. The van der Waals surface area contributed by atoms with Gasteiger partial charge in [-0.2, -0.15) is 23.5 Å². The molecular formula is C30H26F3N5O3S. The number of sulfone groups is 1. The van der Waals surface area contributed by atoms with E-state index in [0.29, 0.717) is 35.3 Å². The van der Waals surface area contributed by atoms with Crippen LogP contribution in [0.2, 0.25) is 0 Å². The van der Waals surface area contributed by atoms with E-state index in [4.69, 9.17) is 0 Å². The number of halogens is 3. The molecule has 0 bridgehead atoms. The molecule has 2 N–H and O–H groups in total. The number of benzene rings is 3. The number of amides is 1. The molecule has 0 radical (unpaired) electrons. The highest BCUT2D eigenvalue weighted by molar-refractivity contribution is 7.90. The number of hydrogen-bond acceptors (Lipinski definition) is 6. The van der Waals surface area contributed by atoms with Crippen LogP contribution in [0.25, 0.3) is 5.69 Å². The van der Waals surface area contributed by atoms with Crippen LogP contribution in [0.4, 0.5) is 18.9 Å². The molecule has 4 aromatic rings. The second-order valence-electron chi connectivity index (χ2n) is 10.2. The second kappa shape index (κ2) is 11.4. The molecular weight excluding hydrogens is 567 g/mol. The summed E-state index contributed by atoms with van der Waals surface area (Å²) in [6, 6.07) is 21.2. The van der Waals surface area contributed by atoms with Gasteiger partial charge in [0.05, 0.1) is 28.3 Å². The standard InChI is InChI=1S/C30H26F3N5O3S/c1-42(40,41)26-11-3-2-10-24(26)28(35-18-19-12-13-19)21-7-5-8-22(15-21)36-29(39)25-16-27(30(31,32)33)37-38(25)23-9-4-6-20(14-23)17-34/h2-11,14-16,19,28,35H,12-13,18H2,1H3,(H,36,39). The summed E-state index contributed by atoms with van der Waals surface area (Å²) in [5.74, 6) is -0.361. The highest BCUT2D eigenvalue weighted by Crippen LogP contribution is 2.34. The lowest BCUT2D eigenvalue weighted by atomic mass is 9.97. The Bertz CT molecular complexity index is 1790. The number of nitrogens with one attached hydrogen (secondary N) is 2. The number of carbonyl (C=O) groups is 1. The number of anilines is 1. The predicted octanol–water partition coefficient (Wildman–Crippen LogP) is 5.51. The van der Waals surface area contributed by atoms with Gasteiger partial charge in [-0.15, -0.1) is 0 Å². The third-order valence-electron chi connectivity index (χ3n) is 6.87. The molecule has 1 heterocycles. The zero-order valence-electron chi connectivity index (χ0n) is 22.4. The molecule has 1 amide bonds. The van der Waals surface area contributed by atoms with Crippen LogP contribution in [-0.4, -0.2) is 36.9 Å². The van der Waals surface area contributed by atoms with E-state index in [-0.39, 0.29) is 21.8 Å². The predicted molar refractivity (Wildman–Crippen MR) is 150 cm³/mol. The van der Waals surface area contributed by atoms with Crippen LogP contribution in [0, 0.1) is 17.2 Å². The number of rotatable bonds is 9. The zero-order valence-corrected chi connectivity index (χ0v) is 23.2. The van der Waals surface area contributed by atoms with Crippen molar-refractivity contribution >= 4 is 21.4 Å². The second-order valence-corrected chi connectivity index (χ2v) is 12.1. The maximum absolute atomic E-state index is 13.6. The first-order valence-corrected chi connectivity index (χ1v) is 14.9. The van der Waals surface area contributed by atoms with Gasteiger partial charge >= 0.3 is 6.18 Å². The SMILES string of the molecule is CS(=O)(=O)c1ccccc1C(NCC1CC1)c1cccc(NC(=O)c2cc(C(F)(F)F)nn2-c2cccc(C#N)c2)c1. The van der Waals surface area contributed by atoms with Crippen LogP contribution in [-0.2, 0) is 16.0 Å². The number of carbonyl (C=O) groups excluding carboxylic acids is 1. The van der Waals surface area contributed by atoms with Crippen molar-refractivity contribution in [2.24, 2.45) is 5.92 Å². The lowest BCUT2D eigenvalue weighted by Crippen LogP contribution is -2.26. The summed E-state index contributed by atoms with van der Waals surface area (Å²) in [5, 5.41) is 18.9. The Labute approximate surface area is 240 Å². The van der Waals surface area contributed by atoms with Gasteiger partial charge in [-0.3, -0.25) is 4.79 Å². The summed E-state index contributed by atoms with van der Waals surface area (Å²) >= 11 is 0. The maximum Gasteiger partial charge on any atom is 0.435 e. The van der Waals surface area contributed by atoms with Crippen molar-refractivity contribution in [3.8, 4) is 11.8 Å². The van der Waals surface area contributed by atoms with Crippen molar-refractivity contribution in [1.29, 1.82) is 5.26 Å². The molecule has 1 aliphatic rings. The summed E-state index contributed by atoms with van der Waals surface area (Å²) in [6.07, 6.45) is -1.51. The Hall–Kier alpha value is -4.47. The van der Waals surface area contributed by atoms with E-state index in [1.165, 1.54) is 24.3 Å². The topological polar surface area (TPSA) is 117 Å². The third-order valence-corrected chi connectivity index (χ3v) is 8.04. The fourth-order valence-electron chi connectivity index (χ4n) is 4.65. The van der Waals surface area contributed by atoms with Gasteiger partial charge in [-0.1, -0.05) is 36.4 Å². The van der Waals surface area contributed by atoms with Gasteiger partial charge in [0, 0.05) is 18.0 Å². The first-order valence-electron chi connectivity index (χ1n) is 13.1. The van der Waals surface area contributed by atoms with Crippen LogP contribution in [0.1, 0.15) is 51.8 Å². The molecule has 1 saturated carbocycles. The average Bonchev–Trinajstić information content (AvgIpc) is 3.66. The Kier molecular flexibility index (Phi) is 7.90. The molecule has 0 saturated heterocycles. The lowest BCUT2D eigenvalue weighted by molar-refractivity contribution is -0.141. The van der Waals surface area contributed by atoms with Crippen LogP contribution in [0.5, 0.6) is 0 Å². The van der Waals surface area contributed by atoms with Crippen molar-refractivity contribution in [2.75, 3.05) is 18.1 Å². The molecule has 1 atom stereocenters. The molecule has 42 heavy (non-hydrogen) atoms. The Morgan fingerprint density at radius 3 is 2.50 bits per heavy atom. The highest BCUT2D eigenvalue weighted by Gasteiger charge is 2.36. The quantitative estimate of drug-likeness (QED) is 0.265. The van der Waals surface area contributed by atoms with Crippen LogP contribution in [0.15, 0.2) is 83.8 Å². The molecule has 3 aromatic carbocycles. The fourth-order valence-corrected chi connectivity index (χ4v) is 5.59. The van der Waals surface area contributed by atoms with Crippen molar-refractivity contribution in [2.45, 2.75) is 30.0 Å². The summed E-state index contributed by atoms with van der Waals surface area (Å²) in [7, 11) is -3.55. The molecule has 8 nitrogen and oxygen atoms in total. The largest absolute Gasteiger partial charge is 0.435 e. The number of alkyl halides is 3. The minimum Gasteiger partial charge on any atom is -0.321 e. The maximum atomic E-state index is 13.6. The van der Waals surface area contributed by atoms with E-state index in [1.807, 2.05) is 6.07 Å². The van der Waals surface area contributed by atoms with E-state index in [9.17, 15) is 31.6 Å². The van der Waals surface area contributed by atoms with Crippen molar-refractivity contribution < 1.29 is 26.4 Å². The minimum atomic E-state index is -4.81. The molecule has 1 aliphatic carbocycles. The molecule has 1 fully saturated rings. The Balaban J connectivity index is 1.50. The van der Waals surface area contributed by atoms with E-state index < -0.39 is 33.7 Å². The van der Waals surface area contributed by atoms with E-state index in [2.05, 4.69) is 15.7 Å². The van der Waals surface area contributed by atoms with E-state index >= 15 is 0 Å². The summed E-state index contributed by atoms with van der Waals surface area (Å²) in [4.78, 5) is 13.5. The first kappa shape index (κ1) is 29.0. The van der Waals surface area contributed by atoms with Crippen LogP contribution in [0.3, 0.4) is 0 Å². The van der Waals surface area contributed by atoms with Gasteiger partial charge in [0.15, 0.2) is 15.5 Å². The van der Waals surface area contributed by atoms with Gasteiger partial charge < -0.3 is 10.6 Å². The normalized spacial score (nSPS) is 14.3. The Morgan fingerprint density at radius 2 is 1.81 bits per heavy atom. The van der Waals surface area contributed by atoms with E-state index in [1.54, 1.807) is 48.5 Å². The lowest BCUT2D eigenvalue weighted by Gasteiger charge is -2.23. The van der Waals surface area contributed by atoms with Gasteiger partial charge in [-0.05, 0) is 72.8 Å². The number of nitriles is 1. The first-order chi connectivity index (χ1) is 19.9. The zero-order chi connectivity index (χ0) is 30.1.